The van der Waals surface area contributed by atoms with Gasteiger partial charge in [-0.1, -0.05) is 19.4 Å². The maximum Gasteiger partial charge on any atom is 0.254 e. The first-order chi connectivity index (χ1) is 9.02. The lowest BCUT2D eigenvalue weighted by Crippen LogP contribution is -2.29. The third kappa shape index (κ3) is 2.91. The van der Waals surface area contributed by atoms with Crippen molar-refractivity contribution in [3.05, 3.63) is 28.8 Å². The lowest BCUT2D eigenvalue weighted by atomic mass is 10.0. The zero-order chi connectivity index (χ0) is 14.0. The molecule has 1 fully saturated rings. The summed E-state index contributed by atoms with van der Waals surface area (Å²) < 4.78 is 0. The molecule has 1 unspecified atom stereocenters. The van der Waals surface area contributed by atoms with Crippen LogP contribution in [0.3, 0.4) is 0 Å². The summed E-state index contributed by atoms with van der Waals surface area (Å²) in [4.78, 5) is 14.5. The normalized spacial score (nSPS) is 18.9. The number of benzene rings is 1. The zero-order valence-electron chi connectivity index (χ0n) is 12.2. The van der Waals surface area contributed by atoms with Gasteiger partial charge in [-0.3, -0.25) is 4.79 Å². The van der Waals surface area contributed by atoms with E-state index < -0.39 is 0 Å². The molecule has 3 nitrogen and oxygen atoms in total. The van der Waals surface area contributed by atoms with Crippen molar-refractivity contribution >= 4 is 11.6 Å². The molecule has 0 saturated carbocycles. The Morgan fingerprint density at radius 3 is 2.79 bits per heavy atom. The molecule has 1 atom stereocenters. The molecule has 1 amide bonds. The first-order valence-electron chi connectivity index (χ1n) is 7.19. The highest BCUT2D eigenvalue weighted by Gasteiger charge is 2.27. The monoisotopic (exact) mass is 260 g/mol. The van der Waals surface area contributed by atoms with Gasteiger partial charge in [-0.15, -0.1) is 0 Å². The van der Waals surface area contributed by atoms with Crippen LogP contribution in [-0.4, -0.2) is 23.9 Å². The van der Waals surface area contributed by atoms with Crippen molar-refractivity contribution in [3.63, 3.8) is 0 Å². The number of hydrogen-bond donors (Lipinski definition) is 1. The summed E-state index contributed by atoms with van der Waals surface area (Å²) in [6, 6.07) is 3.84. The predicted molar refractivity (Wildman–Crippen MR) is 79.2 cm³/mol. The van der Waals surface area contributed by atoms with Gasteiger partial charge in [0, 0.05) is 24.3 Å². The Hall–Kier alpha value is -1.51. The number of nitrogens with zero attached hydrogens (tertiary/aromatic N) is 1. The van der Waals surface area contributed by atoms with Gasteiger partial charge < -0.3 is 10.6 Å². The van der Waals surface area contributed by atoms with E-state index in [1.807, 2.05) is 30.9 Å². The molecular weight excluding hydrogens is 236 g/mol. The van der Waals surface area contributed by atoms with Gasteiger partial charge in [-0.25, -0.2) is 0 Å². The second kappa shape index (κ2) is 5.64. The van der Waals surface area contributed by atoms with Crippen LogP contribution < -0.4 is 5.73 Å². The summed E-state index contributed by atoms with van der Waals surface area (Å²) in [5.41, 5.74) is 9.47. The van der Waals surface area contributed by atoms with Crippen LogP contribution in [0.2, 0.25) is 0 Å². The quantitative estimate of drug-likeness (QED) is 0.849. The van der Waals surface area contributed by atoms with Crippen molar-refractivity contribution in [1.29, 1.82) is 0 Å². The third-order valence-corrected chi connectivity index (χ3v) is 4.11. The van der Waals surface area contributed by atoms with Crippen LogP contribution in [0.15, 0.2) is 12.1 Å². The summed E-state index contributed by atoms with van der Waals surface area (Å²) in [7, 11) is 0. The summed E-state index contributed by atoms with van der Waals surface area (Å²) in [6.45, 7) is 7.95. The van der Waals surface area contributed by atoms with Crippen LogP contribution in [0, 0.1) is 19.8 Å². The first kappa shape index (κ1) is 13.9. The van der Waals surface area contributed by atoms with Crippen LogP contribution in [0.4, 0.5) is 5.69 Å². The summed E-state index contributed by atoms with van der Waals surface area (Å²) >= 11 is 0. The standard InChI is InChI=1S/C16H24N2O/c1-4-5-13-6-7-18(10-13)16(19)14-9-15(17)12(3)8-11(14)2/h8-9,13H,4-7,10,17H2,1-3H3. The van der Waals surface area contributed by atoms with E-state index in [0.717, 1.165) is 36.2 Å². The Bertz CT molecular complexity index is 482. The van der Waals surface area contributed by atoms with Gasteiger partial charge in [0.1, 0.15) is 0 Å². The molecule has 1 aromatic carbocycles. The second-order valence-corrected chi connectivity index (χ2v) is 5.72. The summed E-state index contributed by atoms with van der Waals surface area (Å²) in [5.74, 6) is 0.819. The molecule has 2 N–H and O–H groups in total. The molecule has 3 heteroatoms. The molecule has 0 aromatic heterocycles. The van der Waals surface area contributed by atoms with Crippen molar-refractivity contribution < 1.29 is 4.79 Å². The topological polar surface area (TPSA) is 46.3 Å². The summed E-state index contributed by atoms with van der Waals surface area (Å²) in [5, 5.41) is 0. The molecule has 1 aliphatic heterocycles. The Kier molecular flexibility index (Phi) is 4.13. The Morgan fingerprint density at radius 2 is 2.11 bits per heavy atom. The summed E-state index contributed by atoms with van der Waals surface area (Å²) in [6.07, 6.45) is 3.56. The molecule has 1 aromatic rings. The average molecular weight is 260 g/mol. The number of rotatable bonds is 3. The van der Waals surface area contributed by atoms with E-state index in [1.54, 1.807) is 0 Å². The lowest BCUT2D eigenvalue weighted by molar-refractivity contribution is 0.0786. The van der Waals surface area contributed by atoms with Gasteiger partial charge in [0.25, 0.3) is 5.91 Å². The van der Waals surface area contributed by atoms with Gasteiger partial charge in [-0.05, 0) is 49.8 Å². The number of amides is 1. The van der Waals surface area contributed by atoms with Crippen LogP contribution >= 0.6 is 0 Å². The van der Waals surface area contributed by atoms with E-state index in [9.17, 15) is 4.79 Å². The molecule has 1 aliphatic rings. The number of nitrogens with two attached hydrogens (primary N) is 1. The molecular formula is C16H24N2O. The van der Waals surface area contributed by atoms with Gasteiger partial charge >= 0.3 is 0 Å². The number of carbonyl (C=O) groups excluding carboxylic acids is 1. The molecule has 2 rings (SSSR count). The molecule has 0 aliphatic carbocycles. The van der Waals surface area contributed by atoms with E-state index in [0.29, 0.717) is 11.6 Å². The van der Waals surface area contributed by atoms with Gasteiger partial charge in [-0.2, -0.15) is 0 Å². The van der Waals surface area contributed by atoms with Crippen molar-refractivity contribution in [3.8, 4) is 0 Å². The fraction of sp³-hybridized carbons (Fsp3) is 0.562. The highest BCUT2D eigenvalue weighted by Crippen LogP contribution is 2.25. The third-order valence-electron chi connectivity index (χ3n) is 4.11. The molecule has 0 bridgehead atoms. The fourth-order valence-electron chi connectivity index (χ4n) is 2.93. The highest BCUT2D eigenvalue weighted by molar-refractivity contribution is 5.96. The van der Waals surface area contributed by atoms with Crippen LogP contribution in [-0.2, 0) is 0 Å². The SMILES string of the molecule is CCCC1CCN(C(=O)c2cc(N)c(C)cc2C)C1. The van der Waals surface area contributed by atoms with E-state index in [2.05, 4.69) is 6.92 Å². The number of carbonyl (C=O) groups is 1. The van der Waals surface area contributed by atoms with Gasteiger partial charge in [0.2, 0.25) is 0 Å². The van der Waals surface area contributed by atoms with Crippen molar-refractivity contribution in [2.75, 3.05) is 18.8 Å². The van der Waals surface area contributed by atoms with E-state index in [-0.39, 0.29) is 5.91 Å². The highest BCUT2D eigenvalue weighted by atomic mass is 16.2. The Balaban J connectivity index is 2.15. The lowest BCUT2D eigenvalue weighted by Gasteiger charge is -2.18. The molecule has 1 saturated heterocycles. The smallest absolute Gasteiger partial charge is 0.254 e. The van der Waals surface area contributed by atoms with Crippen molar-refractivity contribution in [2.24, 2.45) is 5.92 Å². The van der Waals surface area contributed by atoms with Crippen LogP contribution in [0.5, 0.6) is 0 Å². The zero-order valence-corrected chi connectivity index (χ0v) is 12.2. The van der Waals surface area contributed by atoms with Gasteiger partial charge in [0.05, 0.1) is 0 Å². The Morgan fingerprint density at radius 1 is 1.37 bits per heavy atom. The van der Waals surface area contributed by atoms with Crippen LogP contribution in [0.25, 0.3) is 0 Å². The van der Waals surface area contributed by atoms with Crippen LogP contribution in [0.1, 0.15) is 47.7 Å². The number of likely N-dealkylation sites (tertiary alicyclic amines) is 1. The maximum atomic E-state index is 12.6. The number of aryl methyl sites for hydroxylation is 2. The van der Waals surface area contributed by atoms with E-state index in [1.165, 1.54) is 12.8 Å². The predicted octanol–water partition coefficient (Wildman–Crippen LogP) is 3.15. The average Bonchev–Trinajstić information content (AvgIpc) is 2.82. The van der Waals surface area contributed by atoms with E-state index in [4.69, 9.17) is 5.73 Å². The largest absolute Gasteiger partial charge is 0.398 e. The first-order valence-corrected chi connectivity index (χ1v) is 7.19. The minimum atomic E-state index is 0.141. The van der Waals surface area contributed by atoms with Crippen molar-refractivity contribution in [2.45, 2.75) is 40.0 Å². The van der Waals surface area contributed by atoms with Gasteiger partial charge in [0.15, 0.2) is 0 Å². The fourth-order valence-corrected chi connectivity index (χ4v) is 2.93. The molecule has 19 heavy (non-hydrogen) atoms. The number of anilines is 1. The van der Waals surface area contributed by atoms with Crippen molar-refractivity contribution in [1.82, 2.24) is 4.90 Å². The molecule has 104 valence electrons. The molecule has 0 radical (unpaired) electrons. The Labute approximate surface area is 115 Å². The number of nitrogen functional groups attached to an aromatic ring is 1. The molecule has 0 spiro atoms. The maximum absolute atomic E-state index is 12.6. The minimum Gasteiger partial charge on any atom is -0.398 e. The number of hydrogen-bond acceptors (Lipinski definition) is 2. The second-order valence-electron chi connectivity index (χ2n) is 5.72. The minimum absolute atomic E-state index is 0.141. The molecule has 1 heterocycles. The van der Waals surface area contributed by atoms with E-state index >= 15 is 0 Å².